The van der Waals surface area contributed by atoms with Gasteiger partial charge in [-0.25, -0.2) is 0 Å². The van der Waals surface area contributed by atoms with E-state index < -0.39 is 0 Å². The number of amides is 1. The minimum absolute atomic E-state index is 0.0708. The summed E-state index contributed by atoms with van der Waals surface area (Å²) < 4.78 is 0. The van der Waals surface area contributed by atoms with Crippen molar-refractivity contribution in [3.63, 3.8) is 0 Å². The van der Waals surface area contributed by atoms with Gasteiger partial charge < -0.3 is 11.1 Å². The highest BCUT2D eigenvalue weighted by Gasteiger charge is 2.16. The van der Waals surface area contributed by atoms with Crippen LogP contribution in [0.1, 0.15) is 24.4 Å². The standard InChI is InChI=1S/C14H23N3O/c1-16-14(18)9-11-17(2)13(8-10-15)12-6-4-3-5-7-12/h3-7,13H,8-11,15H2,1-2H3,(H,16,18). The first-order valence-electron chi connectivity index (χ1n) is 6.35. The van der Waals surface area contributed by atoms with Crippen LogP contribution < -0.4 is 11.1 Å². The van der Waals surface area contributed by atoms with Gasteiger partial charge in [-0.05, 0) is 25.6 Å². The predicted molar refractivity (Wildman–Crippen MR) is 74.2 cm³/mol. The highest BCUT2D eigenvalue weighted by molar-refractivity contribution is 5.75. The normalized spacial score (nSPS) is 12.4. The Balaban J connectivity index is 2.64. The van der Waals surface area contributed by atoms with E-state index in [-0.39, 0.29) is 11.9 Å². The molecule has 3 N–H and O–H groups in total. The van der Waals surface area contributed by atoms with E-state index in [2.05, 4.69) is 22.3 Å². The molecule has 0 radical (unpaired) electrons. The Labute approximate surface area is 109 Å². The molecule has 1 aromatic carbocycles. The van der Waals surface area contributed by atoms with Gasteiger partial charge in [0.15, 0.2) is 0 Å². The maximum atomic E-state index is 11.3. The van der Waals surface area contributed by atoms with E-state index in [9.17, 15) is 4.79 Å². The average molecular weight is 249 g/mol. The molecule has 1 aromatic rings. The first kappa shape index (κ1) is 14.7. The van der Waals surface area contributed by atoms with Gasteiger partial charge in [0.2, 0.25) is 5.91 Å². The Hall–Kier alpha value is -1.39. The van der Waals surface area contributed by atoms with Gasteiger partial charge in [0.05, 0.1) is 0 Å². The molecule has 100 valence electrons. The van der Waals surface area contributed by atoms with E-state index >= 15 is 0 Å². The largest absolute Gasteiger partial charge is 0.359 e. The van der Waals surface area contributed by atoms with E-state index in [1.807, 2.05) is 25.2 Å². The zero-order valence-electron chi connectivity index (χ0n) is 11.2. The number of hydrogen-bond donors (Lipinski definition) is 2. The minimum Gasteiger partial charge on any atom is -0.359 e. The molecule has 0 spiro atoms. The fourth-order valence-corrected chi connectivity index (χ4v) is 2.03. The van der Waals surface area contributed by atoms with Crippen molar-refractivity contribution in [2.24, 2.45) is 5.73 Å². The van der Waals surface area contributed by atoms with Crippen LogP contribution in [0.3, 0.4) is 0 Å². The van der Waals surface area contributed by atoms with Crippen molar-refractivity contribution in [1.82, 2.24) is 10.2 Å². The summed E-state index contributed by atoms with van der Waals surface area (Å²) in [4.78, 5) is 13.5. The van der Waals surface area contributed by atoms with Crippen LogP contribution in [0.5, 0.6) is 0 Å². The lowest BCUT2D eigenvalue weighted by atomic mass is 10.0. The molecule has 0 bridgehead atoms. The van der Waals surface area contributed by atoms with Crippen molar-refractivity contribution in [3.05, 3.63) is 35.9 Å². The second-order valence-electron chi connectivity index (χ2n) is 4.41. The highest BCUT2D eigenvalue weighted by Crippen LogP contribution is 2.22. The Morgan fingerprint density at radius 3 is 2.61 bits per heavy atom. The molecule has 18 heavy (non-hydrogen) atoms. The monoisotopic (exact) mass is 249 g/mol. The number of nitrogens with two attached hydrogens (primary N) is 1. The molecule has 0 aliphatic heterocycles. The van der Waals surface area contributed by atoms with Gasteiger partial charge in [-0.3, -0.25) is 9.69 Å². The Kier molecular flexibility index (Phi) is 6.39. The van der Waals surface area contributed by atoms with Gasteiger partial charge in [0.1, 0.15) is 0 Å². The van der Waals surface area contributed by atoms with Crippen LogP contribution >= 0.6 is 0 Å². The van der Waals surface area contributed by atoms with Gasteiger partial charge in [0, 0.05) is 26.1 Å². The molecular weight excluding hydrogens is 226 g/mol. The zero-order chi connectivity index (χ0) is 13.4. The molecule has 0 aliphatic carbocycles. The summed E-state index contributed by atoms with van der Waals surface area (Å²) in [5, 5.41) is 2.64. The number of nitrogens with one attached hydrogen (secondary N) is 1. The fraction of sp³-hybridized carbons (Fsp3) is 0.500. The topological polar surface area (TPSA) is 58.4 Å². The number of benzene rings is 1. The SMILES string of the molecule is CNC(=O)CCN(C)C(CCN)c1ccccc1. The van der Waals surface area contributed by atoms with Gasteiger partial charge in [-0.1, -0.05) is 30.3 Å². The summed E-state index contributed by atoms with van der Waals surface area (Å²) in [6, 6.07) is 10.6. The lowest BCUT2D eigenvalue weighted by Gasteiger charge is -2.28. The van der Waals surface area contributed by atoms with Crippen LogP contribution in [0.4, 0.5) is 0 Å². The summed E-state index contributed by atoms with van der Waals surface area (Å²) in [6.45, 7) is 1.38. The van der Waals surface area contributed by atoms with Crippen molar-refractivity contribution >= 4 is 5.91 Å². The molecule has 0 saturated heterocycles. The maximum Gasteiger partial charge on any atom is 0.221 e. The number of nitrogens with zero attached hydrogens (tertiary/aromatic N) is 1. The smallest absolute Gasteiger partial charge is 0.221 e. The highest BCUT2D eigenvalue weighted by atomic mass is 16.1. The lowest BCUT2D eigenvalue weighted by Crippen LogP contribution is -2.31. The summed E-state index contributed by atoms with van der Waals surface area (Å²) in [6.07, 6.45) is 1.41. The van der Waals surface area contributed by atoms with Crippen LogP contribution in [0.25, 0.3) is 0 Å². The van der Waals surface area contributed by atoms with Gasteiger partial charge >= 0.3 is 0 Å². The lowest BCUT2D eigenvalue weighted by molar-refractivity contribution is -0.121. The van der Waals surface area contributed by atoms with Crippen LogP contribution in [0.2, 0.25) is 0 Å². The minimum atomic E-state index is 0.0708. The molecule has 1 amide bonds. The summed E-state index contributed by atoms with van der Waals surface area (Å²) in [5.41, 5.74) is 6.93. The molecule has 1 unspecified atom stereocenters. The van der Waals surface area contributed by atoms with Crippen molar-refractivity contribution in [2.75, 3.05) is 27.2 Å². The summed E-state index contributed by atoms with van der Waals surface area (Å²) >= 11 is 0. The average Bonchev–Trinajstić information content (AvgIpc) is 2.42. The third-order valence-electron chi connectivity index (χ3n) is 3.13. The van der Waals surface area contributed by atoms with E-state index in [0.717, 1.165) is 13.0 Å². The van der Waals surface area contributed by atoms with Crippen molar-refractivity contribution in [3.8, 4) is 0 Å². The molecule has 0 aliphatic rings. The molecule has 4 heteroatoms. The van der Waals surface area contributed by atoms with Crippen molar-refractivity contribution < 1.29 is 4.79 Å². The molecule has 0 fully saturated rings. The van der Waals surface area contributed by atoms with Gasteiger partial charge in [-0.2, -0.15) is 0 Å². The molecule has 0 aromatic heterocycles. The molecule has 0 heterocycles. The third-order valence-corrected chi connectivity index (χ3v) is 3.13. The van der Waals surface area contributed by atoms with Gasteiger partial charge in [-0.15, -0.1) is 0 Å². The third kappa shape index (κ3) is 4.47. The van der Waals surface area contributed by atoms with E-state index in [4.69, 9.17) is 5.73 Å². The number of rotatable bonds is 7. The fourth-order valence-electron chi connectivity index (χ4n) is 2.03. The van der Waals surface area contributed by atoms with Crippen LogP contribution in [-0.2, 0) is 4.79 Å². The van der Waals surface area contributed by atoms with Crippen LogP contribution in [-0.4, -0.2) is 38.0 Å². The number of hydrogen-bond acceptors (Lipinski definition) is 3. The predicted octanol–water partition coefficient (Wildman–Crippen LogP) is 1.14. The molecule has 0 saturated carbocycles. The Morgan fingerprint density at radius 1 is 1.39 bits per heavy atom. The van der Waals surface area contributed by atoms with E-state index in [0.29, 0.717) is 13.0 Å². The first-order chi connectivity index (χ1) is 8.69. The van der Waals surface area contributed by atoms with Crippen molar-refractivity contribution in [2.45, 2.75) is 18.9 Å². The van der Waals surface area contributed by atoms with Crippen molar-refractivity contribution in [1.29, 1.82) is 0 Å². The molecule has 1 atom stereocenters. The molecule has 1 rings (SSSR count). The molecular formula is C14H23N3O. The summed E-state index contributed by atoms with van der Waals surface area (Å²) in [7, 11) is 3.70. The Bertz CT molecular complexity index is 353. The van der Waals surface area contributed by atoms with Gasteiger partial charge in [0.25, 0.3) is 0 Å². The summed E-state index contributed by atoms with van der Waals surface area (Å²) in [5.74, 6) is 0.0708. The van der Waals surface area contributed by atoms with E-state index in [1.54, 1.807) is 7.05 Å². The second-order valence-corrected chi connectivity index (χ2v) is 4.41. The Morgan fingerprint density at radius 2 is 2.06 bits per heavy atom. The maximum absolute atomic E-state index is 11.3. The van der Waals surface area contributed by atoms with Crippen LogP contribution in [0, 0.1) is 0 Å². The van der Waals surface area contributed by atoms with E-state index in [1.165, 1.54) is 5.56 Å². The number of carbonyl (C=O) groups excluding carboxylic acids is 1. The van der Waals surface area contributed by atoms with Crippen LogP contribution in [0.15, 0.2) is 30.3 Å². The second kappa shape index (κ2) is 7.84. The zero-order valence-corrected chi connectivity index (χ0v) is 11.2. The first-order valence-corrected chi connectivity index (χ1v) is 6.35. The molecule has 4 nitrogen and oxygen atoms in total. The quantitative estimate of drug-likeness (QED) is 0.762. The number of carbonyl (C=O) groups is 1.